The summed E-state index contributed by atoms with van der Waals surface area (Å²) in [6.07, 6.45) is 0. The Morgan fingerprint density at radius 1 is 0.917 bits per heavy atom. The number of aryl methyl sites for hydroxylation is 2. The molecule has 0 amide bonds. The topological polar surface area (TPSA) is 58.9 Å². The second-order valence-electron chi connectivity index (χ2n) is 2.58. The summed E-state index contributed by atoms with van der Waals surface area (Å²) in [6, 6.07) is 3.47. The standard InChI is InChI=1S/C8H8N2O2/c1-5-3-4-6(2)8(10-12)7(5)9-11/h3-4H,1-2H3. The molecule has 0 saturated heterocycles. The fourth-order valence-electron chi connectivity index (χ4n) is 1.01. The highest BCUT2D eigenvalue weighted by atomic mass is 16.3. The smallest absolute Gasteiger partial charge is 0.140 e. The Balaban J connectivity index is 3.48. The zero-order valence-electron chi connectivity index (χ0n) is 6.87. The zero-order valence-corrected chi connectivity index (χ0v) is 6.87. The molecule has 0 heterocycles. The van der Waals surface area contributed by atoms with Crippen molar-refractivity contribution in [3.05, 3.63) is 33.1 Å². The molecule has 0 bridgehead atoms. The Hall–Kier alpha value is -1.58. The first-order chi connectivity index (χ1) is 5.70. The van der Waals surface area contributed by atoms with Gasteiger partial charge in [0.2, 0.25) is 0 Å². The molecule has 0 fully saturated rings. The lowest BCUT2D eigenvalue weighted by atomic mass is 10.1. The Kier molecular flexibility index (Phi) is 2.28. The highest BCUT2D eigenvalue weighted by Gasteiger charge is 2.09. The van der Waals surface area contributed by atoms with Gasteiger partial charge >= 0.3 is 0 Å². The fraction of sp³-hybridized carbons (Fsp3) is 0.250. The Bertz CT molecular complexity index is 301. The Morgan fingerprint density at radius 2 is 1.25 bits per heavy atom. The van der Waals surface area contributed by atoms with Crippen LogP contribution < -0.4 is 0 Å². The van der Waals surface area contributed by atoms with Gasteiger partial charge in [0.15, 0.2) is 0 Å². The van der Waals surface area contributed by atoms with Gasteiger partial charge < -0.3 is 0 Å². The molecule has 0 spiro atoms. The van der Waals surface area contributed by atoms with Gasteiger partial charge in [-0.2, -0.15) is 0 Å². The third-order valence-electron chi connectivity index (χ3n) is 1.74. The van der Waals surface area contributed by atoms with Crippen molar-refractivity contribution < 1.29 is 0 Å². The predicted octanol–water partition coefficient (Wildman–Crippen LogP) is 3.10. The molecule has 1 rings (SSSR count). The van der Waals surface area contributed by atoms with Crippen molar-refractivity contribution in [2.75, 3.05) is 0 Å². The first-order valence-corrected chi connectivity index (χ1v) is 3.47. The van der Waals surface area contributed by atoms with Crippen molar-refractivity contribution in [2.24, 2.45) is 10.4 Å². The SMILES string of the molecule is Cc1ccc(C)c(N=O)c1N=O. The van der Waals surface area contributed by atoms with E-state index < -0.39 is 0 Å². The van der Waals surface area contributed by atoms with E-state index in [1.165, 1.54) is 0 Å². The minimum atomic E-state index is 0.144. The summed E-state index contributed by atoms with van der Waals surface area (Å²) >= 11 is 0. The van der Waals surface area contributed by atoms with Crippen LogP contribution in [0, 0.1) is 23.7 Å². The monoisotopic (exact) mass is 164 g/mol. The van der Waals surface area contributed by atoms with Crippen LogP contribution in [0.3, 0.4) is 0 Å². The van der Waals surface area contributed by atoms with E-state index in [-0.39, 0.29) is 11.4 Å². The van der Waals surface area contributed by atoms with Crippen molar-refractivity contribution in [1.82, 2.24) is 0 Å². The molecule has 0 radical (unpaired) electrons. The molecule has 1 aromatic carbocycles. The molecule has 1 aromatic rings. The van der Waals surface area contributed by atoms with E-state index in [1.807, 2.05) is 0 Å². The van der Waals surface area contributed by atoms with E-state index in [0.717, 1.165) is 0 Å². The molecular formula is C8H8N2O2. The number of hydrogen-bond donors (Lipinski definition) is 0. The molecule has 0 aliphatic rings. The van der Waals surface area contributed by atoms with Gasteiger partial charge in [-0.15, -0.1) is 9.81 Å². The molecule has 0 atom stereocenters. The van der Waals surface area contributed by atoms with Gasteiger partial charge in [-0.1, -0.05) is 12.1 Å². The van der Waals surface area contributed by atoms with Crippen LogP contribution in [0.4, 0.5) is 11.4 Å². The van der Waals surface area contributed by atoms with Gasteiger partial charge in [0.1, 0.15) is 11.4 Å². The maximum atomic E-state index is 10.3. The largest absolute Gasteiger partial charge is 0.145 e. The number of nitroso groups, excluding NO2 is 2. The predicted molar refractivity (Wildman–Crippen MR) is 46.8 cm³/mol. The molecule has 0 N–H and O–H groups in total. The maximum Gasteiger partial charge on any atom is 0.140 e. The van der Waals surface area contributed by atoms with E-state index >= 15 is 0 Å². The van der Waals surface area contributed by atoms with E-state index in [2.05, 4.69) is 10.4 Å². The average molecular weight is 164 g/mol. The zero-order chi connectivity index (χ0) is 9.14. The number of hydrogen-bond acceptors (Lipinski definition) is 4. The minimum Gasteiger partial charge on any atom is -0.145 e. The summed E-state index contributed by atoms with van der Waals surface area (Å²) in [5.41, 5.74) is 1.63. The van der Waals surface area contributed by atoms with Crippen LogP contribution in [-0.4, -0.2) is 0 Å². The highest BCUT2D eigenvalue weighted by Crippen LogP contribution is 2.33. The quantitative estimate of drug-likeness (QED) is 0.630. The van der Waals surface area contributed by atoms with Gasteiger partial charge in [-0.05, 0) is 35.3 Å². The van der Waals surface area contributed by atoms with Gasteiger partial charge in [-0.3, -0.25) is 0 Å². The summed E-state index contributed by atoms with van der Waals surface area (Å²) in [7, 11) is 0. The van der Waals surface area contributed by atoms with E-state index in [1.54, 1.807) is 26.0 Å². The van der Waals surface area contributed by atoms with Crippen LogP contribution in [-0.2, 0) is 0 Å². The van der Waals surface area contributed by atoms with Gasteiger partial charge in [0.05, 0.1) is 0 Å². The molecule has 0 aliphatic carbocycles. The molecular weight excluding hydrogens is 156 g/mol. The molecule has 0 saturated carbocycles. The Morgan fingerprint density at radius 3 is 1.50 bits per heavy atom. The molecule has 0 aliphatic heterocycles. The van der Waals surface area contributed by atoms with Gasteiger partial charge in [-0.25, -0.2) is 0 Å². The van der Waals surface area contributed by atoms with Crippen molar-refractivity contribution in [3.63, 3.8) is 0 Å². The molecule has 62 valence electrons. The van der Waals surface area contributed by atoms with E-state index in [0.29, 0.717) is 11.1 Å². The number of benzene rings is 1. The summed E-state index contributed by atoms with van der Waals surface area (Å²) in [6.45, 7) is 3.43. The summed E-state index contributed by atoms with van der Waals surface area (Å²) in [4.78, 5) is 20.6. The number of nitrogens with zero attached hydrogens (tertiary/aromatic N) is 2. The second kappa shape index (κ2) is 3.21. The van der Waals surface area contributed by atoms with Crippen molar-refractivity contribution in [2.45, 2.75) is 13.8 Å². The first-order valence-electron chi connectivity index (χ1n) is 3.47. The van der Waals surface area contributed by atoms with Gasteiger partial charge in [0.25, 0.3) is 0 Å². The van der Waals surface area contributed by atoms with Crippen molar-refractivity contribution >= 4 is 11.4 Å². The molecule has 4 heteroatoms. The van der Waals surface area contributed by atoms with Crippen LogP contribution >= 0.6 is 0 Å². The minimum absolute atomic E-state index is 0.144. The van der Waals surface area contributed by atoms with Crippen LogP contribution in [0.2, 0.25) is 0 Å². The van der Waals surface area contributed by atoms with Crippen LogP contribution in [0.5, 0.6) is 0 Å². The second-order valence-corrected chi connectivity index (χ2v) is 2.58. The van der Waals surface area contributed by atoms with Gasteiger partial charge in [0, 0.05) is 0 Å². The molecule has 0 aromatic heterocycles. The molecule has 0 unspecified atom stereocenters. The average Bonchev–Trinajstić information content (AvgIpc) is 2.08. The lowest BCUT2D eigenvalue weighted by molar-refractivity contribution is 1.30. The maximum absolute atomic E-state index is 10.3. The summed E-state index contributed by atoms with van der Waals surface area (Å²) < 4.78 is 0. The third-order valence-corrected chi connectivity index (χ3v) is 1.74. The molecule has 4 nitrogen and oxygen atoms in total. The third kappa shape index (κ3) is 1.23. The normalized spacial score (nSPS) is 9.50. The van der Waals surface area contributed by atoms with Crippen molar-refractivity contribution in [3.8, 4) is 0 Å². The summed E-state index contributed by atoms with van der Waals surface area (Å²) in [5.74, 6) is 0. The number of rotatable bonds is 2. The fourth-order valence-corrected chi connectivity index (χ4v) is 1.01. The molecule has 12 heavy (non-hydrogen) atoms. The van der Waals surface area contributed by atoms with Crippen LogP contribution in [0.25, 0.3) is 0 Å². The highest BCUT2D eigenvalue weighted by molar-refractivity contribution is 5.69. The van der Waals surface area contributed by atoms with Crippen LogP contribution in [0.1, 0.15) is 11.1 Å². The summed E-state index contributed by atoms with van der Waals surface area (Å²) in [5, 5.41) is 5.52. The Labute approximate surface area is 69.6 Å². The lowest BCUT2D eigenvalue weighted by Gasteiger charge is -2.01. The lowest BCUT2D eigenvalue weighted by Crippen LogP contribution is -1.78. The van der Waals surface area contributed by atoms with Crippen LogP contribution in [0.15, 0.2) is 22.5 Å². The van der Waals surface area contributed by atoms with Crippen molar-refractivity contribution in [1.29, 1.82) is 0 Å². The van der Waals surface area contributed by atoms with E-state index in [4.69, 9.17) is 0 Å². The van der Waals surface area contributed by atoms with E-state index in [9.17, 15) is 9.81 Å². The first kappa shape index (κ1) is 8.52.